The Labute approximate surface area is 145 Å². The number of hydrogen-bond acceptors (Lipinski definition) is 5. The first-order valence-corrected chi connectivity index (χ1v) is 7.76. The van der Waals surface area contributed by atoms with Crippen molar-refractivity contribution in [3.63, 3.8) is 0 Å². The van der Waals surface area contributed by atoms with Gasteiger partial charge < -0.3 is 24.8 Å². The third-order valence-electron chi connectivity index (χ3n) is 3.69. The fourth-order valence-corrected chi connectivity index (χ4v) is 2.28. The molecule has 128 valence electrons. The van der Waals surface area contributed by atoms with Crippen LogP contribution in [0.1, 0.15) is 11.1 Å². The number of benzene rings is 3. The highest BCUT2D eigenvalue weighted by atomic mass is 16.5. The maximum Gasteiger partial charge on any atom is 0.165 e. The van der Waals surface area contributed by atoms with Crippen LogP contribution in [0.4, 0.5) is 0 Å². The van der Waals surface area contributed by atoms with E-state index in [4.69, 9.17) is 9.47 Å². The van der Waals surface area contributed by atoms with E-state index in [2.05, 4.69) is 0 Å². The highest BCUT2D eigenvalue weighted by Gasteiger charge is 2.08. The summed E-state index contributed by atoms with van der Waals surface area (Å²) in [6, 6.07) is 18.4. The van der Waals surface area contributed by atoms with Crippen molar-refractivity contribution in [3.8, 4) is 28.7 Å². The molecule has 0 bridgehead atoms. The van der Waals surface area contributed by atoms with Gasteiger partial charge in [-0.15, -0.1) is 0 Å². The zero-order chi connectivity index (χ0) is 17.6. The van der Waals surface area contributed by atoms with Crippen molar-refractivity contribution in [1.29, 1.82) is 0 Å². The summed E-state index contributed by atoms with van der Waals surface area (Å²) in [5, 5.41) is 29.4. The lowest BCUT2D eigenvalue weighted by molar-refractivity contribution is 0.273. The Morgan fingerprint density at radius 1 is 0.600 bits per heavy atom. The second kappa shape index (κ2) is 7.49. The Bertz CT molecular complexity index is 860. The molecule has 3 rings (SSSR count). The van der Waals surface area contributed by atoms with Crippen molar-refractivity contribution >= 4 is 0 Å². The fraction of sp³-hybridized carbons (Fsp3) is 0.100. The minimum atomic E-state index is -0.0228. The van der Waals surface area contributed by atoms with Crippen LogP contribution in [-0.4, -0.2) is 15.3 Å². The molecular weight excluding hydrogens is 320 g/mol. The van der Waals surface area contributed by atoms with Gasteiger partial charge in [0.2, 0.25) is 0 Å². The van der Waals surface area contributed by atoms with Gasteiger partial charge in [0.15, 0.2) is 11.5 Å². The smallest absolute Gasteiger partial charge is 0.165 e. The van der Waals surface area contributed by atoms with Crippen LogP contribution in [0.2, 0.25) is 0 Å². The molecule has 0 unspecified atom stereocenters. The maximum absolute atomic E-state index is 9.93. The second-order valence-corrected chi connectivity index (χ2v) is 5.46. The van der Waals surface area contributed by atoms with E-state index < -0.39 is 0 Å². The van der Waals surface area contributed by atoms with E-state index in [1.807, 2.05) is 6.07 Å². The predicted octanol–water partition coefficient (Wildman–Crippen LogP) is 3.96. The molecule has 0 saturated heterocycles. The average molecular weight is 338 g/mol. The molecule has 3 aromatic rings. The van der Waals surface area contributed by atoms with Gasteiger partial charge in [0.25, 0.3) is 0 Å². The third kappa shape index (κ3) is 4.14. The molecule has 0 heterocycles. The number of ether oxygens (including phenoxy) is 2. The first-order chi connectivity index (χ1) is 12.1. The van der Waals surface area contributed by atoms with E-state index in [9.17, 15) is 15.3 Å². The van der Waals surface area contributed by atoms with E-state index in [0.717, 1.165) is 0 Å². The highest BCUT2D eigenvalue weighted by Crippen LogP contribution is 2.32. The Balaban J connectivity index is 1.68. The summed E-state index contributed by atoms with van der Waals surface area (Å²) >= 11 is 0. The summed E-state index contributed by atoms with van der Waals surface area (Å²) in [6.45, 7) is 0.305. The van der Waals surface area contributed by atoms with Gasteiger partial charge in [-0.3, -0.25) is 0 Å². The molecule has 0 aliphatic carbocycles. The lowest BCUT2D eigenvalue weighted by atomic mass is 10.2. The summed E-state index contributed by atoms with van der Waals surface area (Å²) in [7, 11) is 0. The average Bonchev–Trinajstić information content (AvgIpc) is 2.62. The quantitative estimate of drug-likeness (QED) is 0.634. The van der Waals surface area contributed by atoms with Crippen LogP contribution in [0, 0.1) is 0 Å². The summed E-state index contributed by atoms with van der Waals surface area (Å²) in [6.07, 6.45) is 0. The molecule has 0 aliphatic heterocycles. The monoisotopic (exact) mass is 338 g/mol. The fourth-order valence-electron chi connectivity index (χ4n) is 2.28. The SMILES string of the molecule is Oc1ccccc1COc1ccc(O)c(OCc2ccccc2O)c1. The number of rotatable bonds is 6. The standard InChI is InChI=1S/C20H18O5/c21-17-7-3-1-5-14(17)12-24-16-9-10-19(23)20(11-16)25-13-15-6-2-4-8-18(15)22/h1-11,21-23H,12-13H2. The molecule has 0 atom stereocenters. The topological polar surface area (TPSA) is 79.2 Å². The maximum atomic E-state index is 9.93. The van der Waals surface area contributed by atoms with Gasteiger partial charge in [-0.05, 0) is 24.3 Å². The van der Waals surface area contributed by atoms with E-state index in [1.165, 1.54) is 6.07 Å². The molecule has 25 heavy (non-hydrogen) atoms. The van der Waals surface area contributed by atoms with Crippen molar-refractivity contribution in [3.05, 3.63) is 77.9 Å². The van der Waals surface area contributed by atoms with Crippen molar-refractivity contribution in [2.45, 2.75) is 13.2 Å². The summed E-state index contributed by atoms with van der Waals surface area (Å²) in [5.74, 6) is 1.02. The molecular formula is C20H18O5. The van der Waals surface area contributed by atoms with Gasteiger partial charge in [-0.1, -0.05) is 36.4 Å². The van der Waals surface area contributed by atoms with Gasteiger partial charge in [-0.25, -0.2) is 0 Å². The highest BCUT2D eigenvalue weighted by molar-refractivity contribution is 5.45. The minimum absolute atomic E-state index is 0.0228. The van der Waals surface area contributed by atoms with E-state index in [1.54, 1.807) is 54.6 Å². The van der Waals surface area contributed by atoms with E-state index in [0.29, 0.717) is 16.9 Å². The van der Waals surface area contributed by atoms with Crippen molar-refractivity contribution < 1.29 is 24.8 Å². The molecule has 0 fully saturated rings. The Hall–Kier alpha value is -3.34. The van der Waals surface area contributed by atoms with Crippen LogP contribution in [-0.2, 0) is 13.2 Å². The molecule has 0 saturated carbocycles. The van der Waals surface area contributed by atoms with Gasteiger partial charge in [0, 0.05) is 17.2 Å². The predicted molar refractivity (Wildman–Crippen MR) is 93.0 cm³/mol. The van der Waals surface area contributed by atoms with Crippen LogP contribution in [0.15, 0.2) is 66.7 Å². The Morgan fingerprint density at radius 2 is 1.16 bits per heavy atom. The lowest BCUT2D eigenvalue weighted by Crippen LogP contribution is -1.98. The molecule has 5 heteroatoms. The van der Waals surface area contributed by atoms with Crippen LogP contribution in [0.25, 0.3) is 0 Å². The molecule has 0 spiro atoms. The van der Waals surface area contributed by atoms with Crippen LogP contribution in [0.5, 0.6) is 28.7 Å². The normalized spacial score (nSPS) is 10.4. The van der Waals surface area contributed by atoms with Gasteiger partial charge in [0.05, 0.1) is 0 Å². The van der Waals surface area contributed by atoms with E-state index in [-0.39, 0.29) is 36.2 Å². The molecule has 0 aliphatic rings. The van der Waals surface area contributed by atoms with Crippen LogP contribution < -0.4 is 9.47 Å². The Kier molecular flexibility index (Phi) is 4.95. The summed E-state index contributed by atoms with van der Waals surface area (Å²) < 4.78 is 11.2. The number of phenols is 3. The molecule has 5 nitrogen and oxygen atoms in total. The summed E-state index contributed by atoms with van der Waals surface area (Å²) in [5.41, 5.74) is 1.27. The number of para-hydroxylation sites is 2. The van der Waals surface area contributed by atoms with Crippen molar-refractivity contribution in [2.24, 2.45) is 0 Å². The van der Waals surface area contributed by atoms with Gasteiger partial charge >= 0.3 is 0 Å². The first kappa shape index (κ1) is 16.5. The zero-order valence-electron chi connectivity index (χ0n) is 13.4. The number of aromatic hydroxyl groups is 3. The molecule has 0 amide bonds. The molecule has 3 N–H and O–H groups in total. The Morgan fingerprint density at radius 3 is 1.76 bits per heavy atom. The lowest BCUT2D eigenvalue weighted by Gasteiger charge is -2.12. The zero-order valence-corrected chi connectivity index (χ0v) is 13.4. The number of hydrogen-bond donors (Lipinski definition) is 3. The van der Waals surface area contributed by atoms with Crippen molar-refractivity contribution in [1.82, 2.24) is 0 Å². The molecule has 3 aromatic carbocycles. The largest absolute Gasteiger partial charge is 0.508 e. The number of phenolic OH excluding ortho intramolecular Hbond substituents is 3. The molecule has 0 radical (unpaired) electrons. The van der Waals surface area contributed by atoms with Crippen LogP contribution in [0.3, 0.4) is 0 Å². The second-order valence-electron chi connectivity index (χ2n) is 5.46. The first-order valence-electron chi connectivity index (χ1n) is 7.76. The van der Waals surface area contributed by atoms with Gasteiger partial charge in [0.1, 0.15) is 30.5 Å². The summed E-state index contributed by atoms with van der Waals surface area (Å²) in [4.78, 5) is 0. The minimum Gasteiger partial charge on any atom is -0.508 e. The van der Waals surface area contributed by atoms with Crippen molar-refractivity contribution in [2.75, 3.05) is 0 Å². The third-order valence-corrected chi connectivity index (χ3v) is 3.69. The van der Waals surface area contributed by atoms with Crippen LogP contribution >= 0.6 is 0 Å². The van der Waals surface area contributed by atoms with E-state index >= 15 is 0 Å². The molecule has 0 aromatic heterocycles. The van der Waals surface area contributed by atoms with Gasteiger partial charge in [-0.2, -0.15) is 0 Å².